The number of amides is 4. The average Bonchev–Trinajstić information content (AvgIpc) is 3.21. The lowest BCUT2D eigenvalue weighted by Crippen LogP contribution is -2.54. The summed E-state index contributed by atoms with van der Waals surface area (Å²) in [5.41, 5.74) is 8.01. The fraction of sp³-hybridized carbons (Fsp3) is 0.489. The van der Waals surface area contributed by atoms with Crippen LogP contribution in [-0.4, -0.2) is 71.2 Å². The number of hydrogen-bond acceptors (Lipinski definition) is 7. The van der Waals surface area contributed by atoms with Gasteiger partial charge in [-0.25, -0.2) is 19.3 Å². The molecule has 3 aromatic carbocycles. The molecular formula is C45H58ClN5O7. The van der Waals surface area contributed by atoms with Crippen LogP contribution in [0.4, 0.5) is 14.4 Å². The Morgan fingerprint density at radius 2 is 1.45 bits per heavy atom. The third-order valence-electron chi connectivity index (χ3n) is 11.1. The van der Waals surface area contributed by atoms with E-state index in [0.717, 1.165) is 61.6 Å². The van der Waals surface area contributed by atoms with Crippen LogP contribution in [0.25, 0.3) is 0 Å². The van der Waals surface area contributed by atoms with Gasteiger partial charge in [-0.15, -0.1) is 4.99 Å². The molecule has 13 heteroatoms. The van der Waals surface area contributed by atoms with Crippen LogP contribution in [0, 0.1) is 11.3 Å². The number of nitrogens with two attached hydrogens (primary N) is 1. The number of carbonyl (C=O) groups is 4. The van der Waals surface area contributed by atoms with Crippen LogP contribution in [0.5, 0.6) is 0 Å². The molecule has 3 N–H and O–H groups in total. The van der Waals surface area contributed by atoms with Crippen molar-refractivity contribution in [2.45, 2.75) is 110 Å². The van der Waals surface area contributed by atoms with Gasteiger partial charge in [0.05, 0.1) is 0 Å². The summed E-state index contributed by atoms with van der Waals surface area (Å²) in [6, 6.07) is 25.0. The van der Waals surface area contributed by atoms with Crippen molar-refractivity contribution < 1.29 is 33.4 Å². The summed E-state index contributed by atoms with van der Waals surface area (Å²) in [5, 5.41) is 3.43. The van der Waals surface area contributed by atoms with Crippen molar-refractivity contribution in [3.63, 3.8) is 0 Å². The first-order valence-corrected chi connectivity index (χ1v) is 20.7. The molecule has 4 amide bonds. The summed E-state index contributed by atoms with van der Waals surface area (Å²) in [6.07, 6.45) is 6.64. The molecule has 3 aromatic rings. The molecule has 2 fully saturated rings. The molecule has 5 rings (SSSR count). The normalized spacial score (nSPS) is 16.5. The minimum Gasteiger partial charge on any atom is -0.444 e. The van der Waals surface area contributed by atoms with Gasteiger partial charge in [0.25, 0.3) is 0 Å². The molecule has 0 spiro atoms. The third-order valence-corrected chi connectivity index (χ3v) is 11.3. The van der Waals surface area contributed by atoms with E-state index in [4.69, 9.17) is 31.5 Å². The zero-order chi connectivity index (χ0) is 41.5. The predicted octanol–water partition coefficient (Wildman–Crippen LogP) is 9.04. The first-order valence-electron chi connectivity index (χ1n) is 20.4. The first-order chi connectivity index (χ1) is 27.8. The molecule has 0 bridgehead atoms. The maximum atomic E-state index is 14.2. The van der Waals surface area contributed by atoms with Crippen LogP contribution in [0.3, 0.4) is 0 Å². The summed E-state index contributed by atoms with van der Waals surface area (Å²) < 4.78 is 16.5. The van der Waals surface area contributed by atoms with Gasteiger partial charge in [-0.1, -0.05) is 104 Å². The fourth-order valence-corrected chi connectivity index (χ4v) is 8.19. The van der Waals surface area contributed by atoms with E-state index < -0.39 is 29.9 Å². The van der Waals surface area contributed by atoms with Crippen molar-refractivity contribution >= 4 is 41.7 Å². The number of alkyl carbamates (subject to hydrolysis) is 1. The number of carbonyl (C=O) groups excluding carboxylic acids is 4. The minimum atomic E-state index is -0.909. The standard InChI is InChI=1S/C45H58ClN5O7/c1-44(2,3)58-42(54)48-38(30-33-20-22-37(46)23-21-33)39(52)50-28-25-45(26-29-50,36-18-11-6-12-19-36)24-13-27-51(43(55)57-32-35-16-9-5-10-17-35)40(47)49-41(53)56-31-34-14-7-4-8-15-34/h4-5,7-10,14-17,20-23,36,38H,6,11-13,18-19,24-32H2,1-3H3,(H,48,54)(H2,47,49,53)/t38-/m1/s1. The highest BCUT2D eigenvalue weighted by Crippen LogP contribution is 2.49. The van der Waals surface area contributed by atoms with Gasteiger partial charge in [0.15, 0.2) is 0 Å². The van der Waals surface area contributed by atoms with Gasteiger partial charge < -0.3 is 30.2 Å². The van der Waals surface area contributed by atoms with E-state index in [-0.39, 0.29) is 37.0 Å². The van der Waals surface area contributed by atoms with Crippen molar-refractivity contribution in [1.29, 1.82) is 0 Å². The summed E-state index contributed by atoms with van der Waals surface area (Å²) in [7, 11) is 0. The molecule has 2 aliphatic rings. The molecule has 1 aliphatic heterocycles. The molecule has 1 atom stereocenters. The minimum absolute atomic E-state index is 0.0112. The highest BCUT2D eigenvalue weighted by molar-refractivity contribution is 6.30. The van der Waals surface area contributed by atoms with E-state index in [0.29, 0.717) is 36.9 Å². The van der Waals surface area contributed by atoms with Gasteiger partial charge >= 0.3 is 18.3 Å². The quantitative estimate of drug-likeness (QED) is 0.0985. The highest BCUT2D eigenvalue weighted by Gasteiger charge is 2.43. The molecule has 12 nitrogen and oxygen atoms in total. The number of ether oxygens (including phenoxy) is 3. The molecule has 0 aromatic heterocycles. The largest absolute Gasteiger partial charge is 0.444 e. The summed E-state index contributed by atoms with van der Waals surface area (Å²) in [6.45, 7) is 6.63. The Morgan fingerprint density at radius 1 is 0.862 bits per heavy atom. The van der Waals surface area contributed by atoms with Crippen molar-refractivity contribution in [3.8, 4) is 0 Å². The predicted molar refractivity (Wildman–Crippen MR) is 224 cm³/mol. The van der Waals surface area contributed by atoms with Crippen molar-refractivity contribution in [2.24, 2.45) is 22.1 Å². The zero-order valence-corrected chi connectivity index (χ0v) is 34.8. The number of benzene rings is 3. The second-order valence-corrected chi connectivity index (χ2v) is 16.8. The van der Waals surface area contributed by atoms with E-state index in [1.165, 1.54) is 11.3 Å². The number of likely N-dealkylation sites (tertiary alicyclic amines) is 1. The fourth-order valence-electron chi connectivity index (χ4n) is 8.07. The topological polar surface area (TPSA) is 153 Å². The maximum absolute atomic E-state index is 14.2. The van der Waals surface area contributed by atoms with Crippen LogP contribution < -0.4 is 11.1 Å². The number of nitrogens with zero attached hydrogens (tertiary/aromatic N) is 3. The van der Waals surface area contributed by atoms with E-state index in [1.54, 1.807) is 32.9 Å². The number of hydrogen-bond donors (Lipinski definition) is 2. The van der Waals surface area contributed by atoms with E-state index >= 15 is 0 Å². The van der Waals surface area contributed by atoms with Gasteiger partial charge in [-0.05, 0) is 99.5 Å². The molecule has 1 saturated carbocycles. The Labute approximate surface area is 347 Å². The molecule has 58 heavy (non-hydrogen) atoms. The van der Waals surface area contributed by atoms with Crippen molar-refractivity contribution in [2.75, 3.05) is 19.6 Å². The Morgan fingerprint density at radius 3 is 2.03 bits per heavy atom. The van der Waals surface area contributed by atoms with Gasteiger partial charge in [-0.2, -0.15) is 0 Å². The van der Waals surface area contributed by atoms with Gasteiger partial charge in [0, 0.05) is 31.1 Å². The first kappa shape index (κ1) is 44.0. The number of piperidine rings is 1. The molecule has 312 valence electrons. The Bertz CT molecular complexity index is 1820. The van der Waals surface area contributed by atoms with Crippen LogP contribution in [0.2, 0.25) is 5.02 Å². The van der Waals surface area contributed by atoms with Gasteiger partial charge in [0.1, 0.15) is 24.9 Å². The summed E-state index contributed by atoms with van der Waals surface area (Å²) in [4.78, 5) is 60.4. The Kier molecular flexibility index (Phi) is 16.0. The molecular weight excluding hydrogens is 758 g/mol. The monoisotopic (exact) mass is 815 g/mol. The van der Waals surface area contributed by atoms with E-state index in [1.807, 2.05) is 77.7 Å². The molecule has 0 unspecified atom stereocenters. The SMILES string of the molecule is CC(C)(C)OC(=O)N[C@H](Cc1ccc(Cl)cc1)C(=O)N1CCC(CCCN(C(=O)OCc2ccccc2)C(N)=NC(=O)OCc2ccccc2)(C2CCCCC2)CC1. The van der Waals surface area contributed by atoms with Gasteiger partial charge in [0.2, 0.25) is 11.9 Å². The Balaban J connectivity index is 1.28. The van der Waals surface area contributed by atoms with Crippen molar-refractivity contribution in [1.82, 2.24) is 15.1 Å². The molecule has 1 heterocycles. The lowest BCUT2D eigenvalue weighted by atomic mass is 9.61. The smallest absolute Gasteiger partial charge is 0.437 e. The number of rotatable bonds is 13. The van der Waals surface area contributed by atoms with Crippen LogP contribution >= 0.6 is 11.6 Å². The van der Waals surface area contributed by atoms with Crippen LogP contribution in [0.15, 0.2) is 89.9 Å². The lowest BCUT2D eigenvalue weighted by Gasteiger charge is -2.49. The summed E-state index contributed by atoms with van der Waals surface area (Å²) in [5.74, 6) is 0.00159. The average molecular weight is 816 g/mol. The second-order valence-electron chi connectivity index (χ2n) is 16.4. The Hall–Kier alpha value is -5.10. The molecule has 1 saturated heterocycles. The van der Waals surface area contributed by atoms with Gasteiger partial charge in [-0.3, -0.25) is 4.79 Å². The van der Waals surface area contributed by atoms with E-state index in [9.17, 15) is 19.2 Å². The lowest BCUT2D eigenvalue weighted by molar-refractivity contribution is -0.137. The molecule has 0 radical (unpaired) electrons. The number of aliphatic imine (C=N–C) groups is 1. The third kappa shape index (κ3) is 13.5. The second kappa shape index (κ2) is 21.1. The number of nitrogens with one attached hydrogen (secondary N) is 1. The number of halogens is 1. The maximum Gasteiger partial charge on any atom is 0.437 e. The van der Waals surface area contributed by atoms with Crippen LogP contribution in [0.1, 0.15) is 95.2 Å². The summed E-state index contributed by atoms with van der Waals surface area (Å²) >= 11 is 6.13. The molecule has 1 aliphatic carbocycles. The number of guanidine groups is 1. The zero-order valence-electron chi connectivity index (χ0n) is 34.0. The van der Waals surface area contributed by atoms with Crippen molar-refractivity contribution in [3.05, 3.63) is 107 Å². The highest BCUT2D eigenvalue weighted by atomic mass is 35.5. The van der Waals surface area contributed by atoms with Crippen LogP contribution in [-0.2, 0) is 38.6 Å². The van der Waals surface area contributed by atoms with E-state index in [2.05, 4.69) is 10.3 Å².